The average Bonchev–Trinajstić information content (AvgIpc) is 2.03. The first-order chi connectivity index (χ1) is 5.35. The van der Waals surface area contributed by atoms with Crippen LogP contribution in [0.4, 0.5) is 0 Å². The van der Waals surface area contributed by atoms with Crippen LogP contribution in [-0.4, -0.2) is 17.9 Å². The van der Waals surface area contributed by atoms with Crippen molar-refractivity contribution in [1.29, 1.82) is 0 Å². The van der Waals surface area contributed by atoms with Crippen LogP contribution in [0.5, 0.6) is 0 Å². The summed E-state index contributed by atoms with van der Waals surface area (Å²) < 4.78 is 0. The molecule has 0 radical (unpaired) electrons. The van der Waals surface area contributed by atoms with Crippen molar-refractivity contribution in [2.45, 2.75) is 19.3 Å². The monoisotopic (exact) mass is 192 g/mol. The molecule has 0 aromatic rings. The van der Waals surface area contributed by atoms with Crippen LogP contribution in [0.3, 0.4) is 0 Å². The van der Waals surface area contributed by atoms with Gasteiger partial charge in [0.2, 0.25) is 0 Å². The number of halogens is 1. The molecule has 0 aliphatic rings. The number of allylic oxidation sites excluding steroid dienone is 1. The van der Waals surface area contributed by atoms with Gasteiger partial charge in [-0.25, -0.2) is 0 Å². The summed E-state index contributed by atoms with van der Waals surface area (Å²) in [5, 5.41) is 0. The minimum atomic E-state index is 0.654. The Morgan fingerprint density at radius 1 is 1.64 bits per heavy atom. The van der Waals surface area contributed by atoms with Crippen LogP contribution in [0.2, 0.25) is 0 Å². The van der Waals surface area contributed by atoms with Crippen LogP contribution < -0.4 is 0 Å². The maximum absolute atomic E-state index is 5.77. The zero-order chi connectivity index (χ0) is 8.53. The fourth-order valence-electron chi connectivity index (χ4n) is 1.01. The molecule has 0 bridgehead atoms. The molecule has 0 amide bonds. The summed E-state index contributed by atoms with van der Waals surface area (Å²) in [5.41, 5.74) is 0. The van der Waals surface area contributed by atoms with Gasteiger partial charge in [-0.3, -0.25) is 0 Å². The van der Waals surface area contributed by atoms with Crippen LogP contribution in [0.25, 0.3) is 0 Å². The summed E-state index contributed by atoms with van der Waals surface area (Å²) in [4.78, 5) is 0. The molecule has 0 fully saturated rings. The van der Waals surface area contributed by atoms with Gasteiger partial charge >= 0.3 is 0 Å². The Bertz CT molecular complexity index is 93.6. The molecular formula is C9H17ClS. The number of hydrogen-bond donors (Lipinski definition) is 0. The molecular weight excluding hydrogens is 176 g/mol. The van der Waals surface area contributed by atoms with E-state index in [1.807, 2.05) is 17.8 Å². The highest BCUT2D eigenvalue weighted by atomic mass is 35.5. The predicted molar refractivity (Wildman–Crippen MR) is 56.6 cm³/mol. The van der Waals surface area contributed by atoms with Crippen molar-refractivity contribution >= 4 is 23.4 Å². The highest BCUT2D eigenvalue weighted by molar-refractivity contribution is 7.98. The first kappa shape index (κ1) is 11.4. The van der Waals surface area contributed by atoms with Gasteiger partial charge in [0.05, 0.1) is 0 Å². The van der Waals surface area contributed by atoms with Crippen LogP contribution in [0, 0.1) is 5.92 Å². The Labute approximate surface area is 79.4 Å². The summed E-state index contributed by atoms with van der Waals surface area (Å²) in [6.07, 6.45) is 7.70. The Morgan fingerprint density at radius 2 is 2.36 bits per heavy atom. The molecule has 1 atom stereocenters. The van der Waals surface area contributed by atoms with Crippen molar-refractivity contribution in [3.63, 3.8) is 0 Å². The average molecular weight is 193 g/mol. The van der Waals surface area contributed by atoms with Gasteiger partial charge in [-0.15, -0.1) is 18.2 Å². The van der Waals surface area contributed by atoms with Gasteiger partial charge in [0, 0.05) is 5.88 Å². The largest absolute Gasteiger partial charge is 0.165 e. The Hall–Kier alpha value is 0.380. The maximum Gasteiger partial charge on any atom is 0.0254 e. The number of thioether (sulfide) groups is 1. The molecule has 0 aliphatic carbocycles. The molecule has 0 rings (SSSR count). The molecule has 0 aromatic carbocycles. The third-order valence-corrected chi connectivity index (χ3v) is 2.81. The van der Waals surface area contributed by atoms with Gasteiger partial charge < -0.3 is 0 Å². The fourth-order valence-corrected chi connectivity index (χ4v) is 1.75. The van der Waals surface area contributed by atoms with Crippen molar-refractivity contribution in [2.24, 2.45) is 5.92 Å². The molecule has 1 unspecified atom stereocenters. The second-order valence-electron chi connectivity index (χ2n) is 2.68. The van der Waals surface area contributed by atoms with Crippen molar-refractivity contribution in [1.82, 2.24) is 0 Å². The van der Waals surface area contributed by atoms with E-state index in [4.69, 9.17) is 11.6 Å². The summed E-state index contributed by atoms with van der Waals surface area (Å²) in [5.74, 6) is 2.69. The first-order valence-corrected chi connectivity index (χ1v) is 5.93. The van der Waals surface area contributed by atoms with Crippen LogP contribution in [-0.2, 0) is 0 Å². The van der Waals surface area contributed by atoms with E-state index in [9.17, 15) is 0 Å². The number of alkyl halides is 1. The number of rotatable bonds is 7. The SMILES string of the molecule is C=CCC(CCl)CCCSC. The van der Waals surface area contributed by atoms with E-state index in [1.54, 1.807) is 0 Å². The summed E-state index contributed by atoms with van der Waals surface area (Å²) in [6.45, 7) is 3.71. The van der Waals surface area contributed by atoms with Gasteiger partial charge in [-0.2, -0.15) is 11.8 Å². The van der Waals surface area contributed by atoms with Crippen LogP contribution in [0.15, 0.2) is 12.7 Å². The molecule has 0 spiro atoms. The summed E-state index contributed by atoms with van der Waals surface area (Å²) in [7, 11) is 0. The fraction of sp³-hybridized carbons (Fsp3) is 0.778. The molecule has 0 saturated heterocycles. The van der Waals surface area contributed by atoms with Gasteiger partial charge in [0.25, 0.3) is 0 Å². The van der Waals surface area contributed by atoms with E-state index >= 15 is 0 Å². The van der Waals surface area contributed by atoms with Crippen molar-refractivity contribution in [3.05, 3.63) is 12.7 Å². The van der Waals surface area contributed by atoms with Crippen molar-refractivity contribution in [3.8, 4) is 0 Å². The predicted octanol–water partition coefficient (Wildman–Crippen LogP) is 3.56. The third kappa shape index (κ3) is 6.77. The van der Waals surface area contributed by atoms with E-state index in [0.717, 1.165) is 12.3 Å². The number of hydrogen-bond acceptors (Lipinski definition) is 1. The lowest BCUT2D eigenvalue weighted by molar-refractivity contribution is 0.541. The smallest absolute Gasteiger partial charge is 0.0254 e. The molecule has 11 heavy (non-hydrogen) atoms. The quantitative estimate of drug-likeness (QED) is 0.338. The molecule has 0 nitrogen and oxygen atoms in total. The Kier molecular flexibility index (Phi) is 8.77. The first-order valence-electron chi connectivity index (χ1n) is 4.01. The standard InChI is InChI=1S/C9H17ClS/c1-3-5-9(8-10)6-4-7-11-2/h3,9H,1,4-8H2,2H3. The van der Waals surface area contributed by atoms with Crippen molar-refractivity contribution < 1.29 is 0 Å². The van der Waals surface area contributed by atoms with Crippen LogP contribution in [0.1, 0.15) is 19.3 Å². The molecule has 0 heterocycles. The molecule has 0 saturated carbocycles. The van der Waals surface area contributed by atoms with E-state index < -0.39 is 0 Å². The van der Waals surface area contributed by atoms with E-state index in [-0.39, 0.29) is 0 Å². The lowest BCUT2D eigenvalue weighted by atomic mass is 10.0. The maximum atomic E-state index is 5.77. The highest BCUT2D eigenvalue weighted by Crippen LogP contribution is 2.14. The topological polar surface area (TPSA) is 0 Å². The minimum Gasteiger partial charge on any atom is -0.165 e. The van der Waals surface area contributed by atoms with Crippen molar-refractivity contribution in [2.75, 3.05) is 17.9 Å². The van der Waals surface area contributed by atoms with E-state index in [0.29, 0.717) is 5.92 Å². The van der Waals surface area contributed by atoms with Gasteiger partial charge in [-0.05, 0) is 37.2 Å². The molecule has 0 aliphatic heterocycles. The van der Waals surface area contributed by atoms with Crippen LogP contribution >= 0.6 is 23.4 Å². The third-order valence-electron chi connectivity index (χ3n) is 1.68. The zero-order valence-electron chi connectivity index (χ0n) is 7.18. The summed E-state index contributed by atoms with van der Waals surface area (Å²) in [6, 6.07) is 0. The molecule has 66 valence electrons. The second kappa shape index (κ2) is 8.48. The molecule has 0 aromatic heterocycles. The zero-order valence-corrected chi connectivity index (χ0v) is 8.76. The lowest BCUT2D eigenvalue weighted by Crippen LogP contribution is -2.01. The minimum absolute atomic E-state index is 0.654. The Balaban J connectivity index is 3.27. The Morgan fingerprint density at radius 3 is 2.82 bits per heavy atom. The van der Waals surface area contributed by atoms with E-state index in [2.05, 4.69) is 12.8 Å². The molecule has 0 N–H and O–H groups in total. The van der Waals surface area contributed by atoms with Gasteiger partial charge in [-0.1, -0.05) is 6.08 Å². The second-order valence-corrected chi connectivity index (χ2v) is 3.97. The van der Waals surface area contributed by atoms with Gasteiger partial charge in [0.15, 0.2) is 0 Å². The summed E-state index contributed by atoms with van der Waals surface area (Å²) >= 11 is 7.67. The van der Waals surface area contributed by atoms with Gasteiger partial charge in [0.1, 0.15) is 0 Å². The normalized spacial score (nSPS) is 12.9. The lowest BCUT2D eigenvalue weighted by Gasteiger charge is -2.09. The van der Waals surface area contributed by atoms with E-state index in [1.165, 1.54) is 18.6 Å². The highest BCUT2D eigenvalue weighted by Gasteiger charge is 2.03. The molecule has 2 heteroatoms.